The molecule has 0 aromatic heterocycles. The predicted molar refractivity (Wildman–Crippen MR) is 106 cm³/mol. The average Bonchev–Trinajstić information content (AvgIpc) is 2.58. The van der Waals surface area contributed by atoms with Gasteiger partial charge >= 0.3 is 0 Å². The van der Waals surface area contributed by atoms with Crippen molar-refractivity contribution in [3.05, 3.63) is 71.3 Å². The summed E-state index contributed by atoms with van der Waals surface area (Å²) in [6.07, 6.45) is 0. The van der Waals surface area contributed by atoms with Gasteiger partial charge in [0.15, 0.2) is 5.96 Å². The Bertz CT molecular complexity index is 585. The molecule has 5 heteroatoms. The number of hydrogen-bond donors (Lipinski definition) is 2. The van der Waals surface area contributed by atoms with Gasteiger partial charge in [-0.3, -0.25) is 4.99 Å². The van der Waals surface area contributed by atoms with Crippen LogP contribution in [0.3, 0.4) is 0 Å². The van der Waals surface area contributed by atoms with Gasteiger partial charge in [0.05, 0.1) is 13.2 Å². The fraction of sp³-hybridized carbons (Fsp3) is 0.278. The molecule has 124 valence electrons. The molecule has 0 bridgehead atoms. The standard InChI is InChI=1S/C18H23N3O.HI/c1-19-18(20-2)21-12-15-8-10-17(11-9-15)14-22-13-16-6-4-3-5-7-16;/h3-11H,12-14H2,1-2H3,(H2,19,20,21);1H. The monoisotopic (exact) mass is 425 g/mol. The Kier molecular flexibility index (Phi) is 9.31. The fourth-order valence-electron chi connectivity index (χ4n) is 2.08. The summed E-state index contributed by atoms with van der Waals surface area (Å²) in [5.41, 5.74) is 3.59. The van der Waals surface area contributed by atoms with Gasteiger partial charge < -0.3 is 15.4 Å². The number of hydrogen-bond acceptors (Lipinski definition) is 2. The Morgan fingerprint density at radius 2 is 1.48 bits per heavy atom. The van der Waals surface area contributed by atoms with Crippen LogP contribution in [0.5, 0.6) is 0 Å². The second-order valence-electron chi connectivity index (χ2n) is 4.97. The second-order valence-corrected chi connectivity index (χ2v) is 4.97. The van der Waals surface area contributed by atoms with Crippen LogP contribution in [0.15, 0.2) is 59.6 Å². The molecule has 0 amide bonds. The first-order valence-corrected chi connectivity index (χ1v) is 7.39. The Labute approximate surface area is 155 Å². The maximum absolute atomic E-state index is 5.73. The molecule has 0 radical (unpaired) electrons. The highest BCUT2D eigenvalue weighted by Crippen LogP contribution is 2.08. The van der Waals surface area contributed by atoms with Gasteiger partial charge in [-0.05, 0) is 16.7 Å². The highest BCUT2D eigenvalue weighted by atomic mass is 127. The van der Waals surface area contributed by atoms with Gasteiger partial charge in [0, 0.05) is 20.6 Å². The molecule has 0 aliphatic rings. The molecule has 2 N–H and O–H groups in total. The molecule has 2 aromatic rings. The smallest absolute Gasteiger partial charge is 0.190 e. The molecule has 0 saturated carbocycles. The van der Waals surface area contributed by atoms with Crippen LogP contribution in [-0.4, -0.2) is 20.1 Å². The summed E-state index contributed by atoms with van der Waals surface area (Å²) in [6, 6.07) is 18.6. The molecule has 0 heterocycles. The SMILES string of the molecule is CN=C(NC)NCc1ccc(COCc2ccccc2)cc1.I. The van der Waals surface area contributed by atoms with Crippen molar-refractivity contribution >= 4 is 29.9 Å². The molecule has 0 aliphatic heterocycles. The Morgan fingerprint density at radius 1 is 0.913 bits per heavy atom. The minimum absolute atomic E-state index is 0. The summed E-state index contributed by atoms with van der Waals surface area (Å²) in [6.45, 7) is 2.02. The summed E-state index contributed by atoms with van der Waals surface area (Å²) >= 11 is 0. The van der Waals surface area contributed by atoms with Crippen molar-refractivity contribution in [2.24, 2.45) is 4.99 Å². The largest absolute Gasteiger partial charge is 0.372 e. The molecule has 0 fully saturated rings. The summed E-state index contributed by atoms with van der Waals surface area (Å²) in [7, 11) is 3.61. The fourth-order valence-corrected chi connectivity index (χ4v) is 2.08. The van der Waals surface area contributed by atoms with Gasteiger partial charge in [-0.15, -0.1) is 24.0 Å². The first kappa shape index (κ1) is 19.4. The number of guanidine groups is 1. The van der Waals surface area contributed by atoms with Crippen molar-refractivity contribution in [1.29, 1.82) is 0 Å². The zero-order valence-electron chi connectivity index (χ0n) is 13.6. The van der Waals surface area contributed by atoms with E-state index in [0.717, 1.165) is 12.5 Å². The van der Waals surface area contributed by atoms with Crippen molar-refractivity contribution in [2.75, 3.05) is 14.1 Å². The molecule has 0 unspecified atom stereocenters. The van der Waals surface area contributed by atoms with Crippen molar-refractivity contribution in [3.63, 3.8) is 0 Å². The lowest BCUT2D eigenvalue weighted by Crippen LogP contribution is -2.34. The van der Waals surface area contributed by atoms with E-state index in [1.807, 2.05) is 25.2 Å². The number of halogens is 1. The number of nitrogens with zero attached hydrogens (tertiary/aromatic N) is 1. The molecular weight excluding hydrogens is 401 g/mol. The van der Waals surface area contributed by atoms with Crippen LogP contribution in [0.2, 0.25) is 0 Å². The van der Waals surface area contributed by atoms with E-state index in [9.17, 15) is 0 Å². The van der Waals surface area contributed by atoms with Crippen LogP contribution in [0.1, 0.15) is 16.7 Å². The molecule has 2 rings (SSSR count). The Morgan fingerprint density at radius 3 is 2.04 bits per heavy atom. The van der Waals surface area contributed by atoms with Crippen molar-refractivity contribution in [2.45, 2.75) is 19.8 Å². The van der Waals surface area contributed by atoms with Crippen LogP contribution < -0.4 is 10.6 Å². The zero-order chi connectivity index (χ0) is 15.6. The molecule has 4 nitrogen and oxygen atoms in total. The van der Waals surface area contributed by atoms with Crippen LogP contribution in [0.25, 0.3) is 0 Å². The lowest BCUT2D eigenvalue weighted by Gasteiger charge is -2.09. The van der Waals surface area contributed by atoms with Gasteiger partial charge in [-0.25, -0.2) is 0 Å². The molecule has 0 aliphatic carbocycles. The number of aliphatic imine (C=N–C) groups is 1. The highest BCUT2D eigenvalue weighted by molar-refractivity contribution is 14.0. The second kappa shape index (κ2) is 11.0. The third-order valence-electron chi connectivity index (χ3n) is 3.32. The predicted octanol–water partition coefficient (Wildman–Crippen LogP) is 3.32. The summed E-state index contributed by atoms with van der Waals surface area (Å²) < 4.78 is 5.73. The van der Waals surface area contributed by atoms with E-state index >= 15 is 0 Å². The zero-order valence-corrected chi connectivity index (χ0v) is 15.9. The van der Waals surface area contributed by atoms with Crippen LogP contribution in [0.4, 0.5) is 0 Å². The molecule has 0 atom stereocenters. The summed E-state index contributed by atoms with van der Waals surface area (Å²) in [4.78, 5) is 4.08. The lowest BCUT2D eigenvalue weighted by atomic mass is 10.1. The normalized spacial score (nSPS) is 10.8. The summed E-state index contributed by atoms with van der Waals surface area (Å²) in [5.74, 6) is 0.787. The molecule has 0 spiro atoms. The number of nitrogens with one attached hydrogen (secondary N) is 2. The third kappa shape index (κ3) is 7.00. The summed E-state index contributed by atoms with van der Waals surface area (Å²) in [5, 5.41) is 6.22. The number of rotatable bonds is 6. The quantitative estimate of drug-likeness (QED) is 0.424. The van der Waals surface area contributed by atoms with E-state index < -0.39 is 0 Å². The van der Waals surface area contributed by atoms with Crippen molar-refractivity contribution in [1.82, 2.24) is 10.6 Å². The molecule has 2 aromatic carbocycles. The van der Waals surface area contributed by atoms with E-state index in [-0.39, 0.29) is 24.0 Å². The van der Waals surface area contributed by atoms with E-state index in [2.05, 4.69) is 52.0 Å². The Balaban J connectivity index is 0.00000264. The molecular formula is C18H24IN3O. The minimum Gasteiger partial charge on any atom is -0.372 e. The van der Waals surface area contributed by atoms with E-state index in [1.54, 1.807) is 7.05 Å². The van der Waals surface area contributed by atoms with Crippen LogP contribution in [-0.2, 0) is 24.5 Å². The van der Waals surface area contributed by atoms with Gasteiger partial charge in [0.2, 0.25) is 0 Å². The molecule has 23 heavy (non-hydrogen) atoms. The highest BCUT2D eigenvalue weighted by Gasteiger charge is 1.98. The topological polar surface area (TPSA) is 45.7 Å². The number of ether oxygens (including phenoxy) is 1. The first-order valence-electron chi connectivity index (χ1n) is 7.39. The number of benzene rings is 2. The Hall–Kier alpha value is -1.60. The maximum atomic E-state index is 5.73. The maximum Gasteiger partial charge on any atom is 0.190 e. The van der Waals surface area contributed by atoms with Gasteiger partial charge in [-0.1, -0.05) is 54.6 Å². The first-order chi connectivity index (χ1) is 10.8. The van der Waals surface area contributed by atoms with E-state index in [1.165, 1.54) is 16.7 Å². The van der Waals surface area contributed by atoms with Gasteiger partial charge in [0.25, 0.3) is 0 Å². The minimum atomic E-state index is 0. The van der Waals surface area contributed by atoms with Gasteiger partial charge in [0.1, 0.15) is 0 Å². The van der Waals surface area contributed by atoms with Crippen molar-refractivity contribution in [3.8, 4) is 0 Å². The van der Waals surface area contributed by atoms with E-state index in [0.29, 0.717) is 13.2 Å². The van der Waals surface area contributed by atoms with Crippen LogP contribution in [0, 0.1) is 0 Å². The third-order valence-corrected chi connectivity index (χ3v) is 3.32. The van der Waals surface area contributed by atoms with E-state index in [4.69, 9.17) is 4.74 Å². The lowest BCUT2D eigenvalue weighted by molar-refractivity contribution is 0.107. The average molecular weight is 425 g/mol. The van der Waals surface area contributed by atoms with Gasteiger partial charge in [-0.2, -0.15) is 0 Å². The van der Waals surface area contributed by atoms with Crippen molar-refractivity contribution < 1.29 is 4.74 Å². The molecule has 0 saturated heterocycles. The van der Waals surface area contributed by atoms with Crippen LogP contribution >= 0.6 is 24.0 Å².